The van der Waals surface area contributed by atoms with Gasteiger partial charge in [-0.2, -0.15) is 0 Å². The maximum absolute atomic E-state index is 5.92. The summed E-state index contributed by atoms with van der Waals surface area (Å²) < 4.78 is 1.06. The zero-order valence-corrected chi connectivity index (χ0v) is 12.0. The van der Waals surface area contributed by atoms with Crippen LogP contribution in [-0.4, -0.2) is 33.1 Å². The fraction of sp³-hybridized carbons (Fsp3) is 0.417. The zero-order valence-electron chi connectivity index (χ0n) is 10.4. The highest BCUT2D eigenvalue weighted by molar-refractivity contribution is 9.10. The summed E-state index contributed by atoms with van der Waals surface area (Å²) in [5.41, 5.74) is 9.45. The Balaban J connectivity index is 2.52. The highest BCUT2D eigenvalue weighted by Gasteiger charge is 2.21. The molecule has 4 nitrogen and oxygen atoms in total. The minimum absolute atomic E-state index is 0.602. The molecular formula is C12H17BrN4. The van der Waals surface area contributed by atoms with Crippen LogP contribution in [0.3, 0.4) is 0 Å². The number of guanidine groups is 1. The number of nitrogens with zero attached hydrogens (tertiary/aromatic N) is 3. The predicted octanol–water partition coefficient (Wildman–Crippen LogP) is 1.96. The van der Waals surface area contributed by atoms with Crippen LogP contribution in [0.15, 0.2) is 21.6 Å². The van der Waals surface area contributed by atoms with Gasteiger partial charge in [-0.15, -0.1) is 0 Å². The number of nitrogens with two attached hydrogens (primary N) is 1. The molecule has 0 aliphatic carbocycles. The molecule has 5 heteroatoms. The van der Waals surface area contributed by atoms with E-state index in [0.717, 1.165) is 23.2 Å². The van der Waals surface area contributed by atoms with Crippen molar-refractivity contribution >= 4 is 33.3 Å². The summed E-state index contributed by atoms with van der Waals surface area (Å²) in [6.45, 7) is 3.73. The molecule has 0 spiro atoms. The maximum Gasteiger partial charge on any atom is 0.195 e. The van der Waals surface area contributed by atoms with Crippen molar-refractivity contribution in [1.29, 1.82) is 0 Å². The smallest absolute Gasteiger partial charge is 0.195 e. The molecule has 0 aromatic heterocycles. The number of hydrogen-bond donors (Lipinski definition) is 1. The van der Waals surface area contributed by atoms with Gasteiger partial charge in [0.15, 0.2) is 5.96 Å². The van der Waals surface area contributed by atoms with E-state index < -0.39 is 0 Å². The summed E-state index contributed by atoms with van der Waals surface area (Å²) >= 11 is 3.60. The Labute approximate surface area is 110 Å². The number of benzene rings is 1. The fourth-order valence-corrected chi connectivity index (χ4v) is 2.81. The molecule has 1 aromatic carbocycles. The summed E-state index contributed by atoms with van der Waals surface area (Å²) in [4.78, 5) is 8.40. The van der Waals surface area contributed by atoms with Crippen molar-refractivity contribution in [1.82, 2.24) is 0 Å². The second kappa shape index (κ2) is 4.56. The number of rotatable bonds is 2. The molecule has 1 heterocycles. The van der Waals surface area contributed by atoms with Gasteiger partial charge >= 0.3 is 0 Å². The van der Waals surface area contributed by atoms with Crippen molar-refractivity contribution in [3.05, 3.63) is 22.2 Å². The van der Waals surface area contributed by atoms with Crippen molar-refractivity contribution < 1.29 is 0 Å². The lowest BCUT2D eigenvalue weighted by molar-refractivity contribution is 1.01. The summed E-state index contributed by atoms with van der Waals surface area (Å²) in [6, 6.07) is 4.16. The zero-order chi connectivity index (χ0) is 12.6. The molecule has 1 aromatic rings. The molecule has 92 valence electrons. The van der Waals surface area contributed by atoms with Gasteiger partial charge in [0.2, 0.25) is 0 Å². The lowest BCUT2D eigenvalue weighted by Crippen LogP contribution is -2.34. The van der Waals surface area contributed by atoms with Crippen LogP contribution < -0.4 is 15.5 Å². The molecule has 1 aliphatic heterocycles. The predicted molar refractivity (Wildman–Crippen MR) is 77.0 cm³/mol. The Bertz CT molecular complexity index is 468. The third kappa shape index (κ3) is 2.11. The van der Waals surface area contributed by atoms with Crippen LogP contribution in [0.2, 0.25) is 0 Å². The Morgan fingerprint density at radius 1 is 1.41 bits per heavy atom. The van der Waals surface area contributed by atoms with Crippen molar-refractivity contribution in [3.8, 4) is 0 Å². The fourth-order valence-electron chi connectivity index (χ4n) is 2.16. The van der Waals surface area contributed by atoms with E-state index in [1.807, 2.05) is 14.1 Å². The van der Waals surface area contributed by atoms with Crippen LogP contribution in [0.4, 0.5) is 11.4 Å². The van der Waals surface area contributed by atoms with Gasteiger partial charge in [-0.1, -0.05) is 0 Å². The number of halogens is 1. The van der Waals surface area contributed by atoms with E-state index in [0.29, 0.717) is 5.96 Å². The summed E-state index contributed by atoms with van der Waals surface area (Å²) in [5.74, 6) is 0.602. The average molecular weight is 297 g/mol. The highest BCUT2D eigenvalue weighted by Crippen LogP contribution is 2.36. The first-order valence-corrected chi connectivity index (χ1v) is 6.35. The molecule has 0 saturated heterocycles. The van der Waals surface area contributed by atoms with Crippen LogP contribution in [0.5, 0.6) is 0 Å². The van der Waals surface area contributed by atoms with E-state index in [2.05, 4.69) is 49.8 Å². The first-order chi connectivity index (χ1) is 8.02. The van der Waals surface area contributed by atoms with Gasteiger partial charge in [-0.3, -0.25) is 4.99 Å². The second-order valence-electron chi connectivity index (χ2n) is 4.33. The first kappa shape index (κ1) is 12.2. The van der Waals surface area contributed by atoms with E-state index in [1.54, 1.807) is 0 Å². The van der Waals surface area contributed by atoms with Crippen molar-refractivity contribution in [2.45, 2.75) is 6.92 Å². The normalized spacial score (nSPS) is 15.1. The van der Waals surface area contributed by atoms with E-state index in [9.17, 15) is 0 Å². The molecule has 2 N–H and O–H groups in total. The topological polar surface area (TPSA) is 44.9 Å². The molecule has 0 saturated carbocycles. The molecule has 0 radical (unpaired) electrons. The second-order valence-corrected chi connectivity index (χ2v) is 5.18. The van der Waals surface area contributed by atoms with Crippen LogP contribution in [0, 0.1) is 6.92 Å². The van der Waals surface area contributed by atoms with Crippen molar-refractivity contribution in [2.75, 3.05) is 37.0 Å². The minimum Gasteiger partial charge on any atom is -0.377 e. The largest absolute Gasteiger partial charge is 0.377 e. The molecule has 1 aliphatic rings. The molecular weight excluding hydrogens is 280 g/mol. The van der Waals surface area contributed by atoms with Gasteiger partial charge in [0, 0.05) is 30.8 Å². The van der Waals surface area contributed by atoms with Gasteiger partial charge in [0.1, 0.15) is 0 Å². The molecule has 0 atom stereocenters. The van der Waals surface area contributed by atoms with Crippen LogP contribution in [0.1, 0.15) is 5.56 Å². The highest BCUT2D eigenvalue weighted by atomic mass is 79.9. The third-order valence-electron chi connectivity index (χ3n) is 2.98. The first-order valence-electron chi connectivity index (χ1n) is 5.56. The number of anilines is 2. The van der Waals surface area contributed by atoms with E-state index in [4.69, 9.17) is 5.73 Å². The van der Waals surface area contributed by atoms with Crippen molar-refractivity contribution in [2.24, 2.45) is 10.7 Å². The Morgan fingerprint density at radius 2 is 2.12 bits per heavy atom. The van der Waals surface area contributed by atoms with Crippen LogP contribution in [-0.2, 0) is 0 Å². The minimum atomic E-state index is 0.602. The molecule has 0 bridgehead atoms. The van der Waals surface area contributed by atoms with E-state index in [1.165, 1.54) is 11.3 Å². The quantitative estimate of drug-likeness (QED) is 0.907. The van der Waals surface area contributed by atoms with Gasteiger partial charge in [0.05, 0.1) is 12.2 Å². The number of aliphatic imine (C=N–C) groups is 1. The lowest BCUT2D eigenvalue weighted by Gasteiger charge is -2.25. The summed E-state index contributed by atoms with van der Waals surface area (Å²) in [7, 11) is 4.09. The molecule has 0 amide bonds. The van der Waals surface area contributed by atoms with Gasteiger partial charge in [-0.25, -0.2) is 0 Å². The average Bonchev–Trinajstić information content (AvgIpc) is 2.64. The van der Waals surface area contributed by atoms with Gasteiger partial charge in [-0.05, 0) is 40.5 Å². The monoisotopic (exact) mass is 296 g/mol. The molecule has 0 fully saturated rings. The van der Waals surface area contributed by atoms with Crippen LogP contribution in [0.25, 0.3) is 0 Å². The SMILES string of the molecule is Cc1c(N(C)C)ccc(Br)c1N1CCN=C1N. The standard InChI is InChI=1S/C12H17BrN4/c1-8-10(16(2)3)5-4-9(13)11(8)17-7-6-15-12(17)14/h4-5H,6-7H2,1-3H3,(H2,14,15). The summed E-state index contributed by atoms with van der Waals surface area (Å²) in [6.07, 6.45) is 0. The summed E-state index contributed by atoms with van der Waals surface area (Å²) in [5, 5.41) is 0. The molecule has 2 rings (SSSR count). The lowest BCUT2D eigenvalue weighted by atomic mass is 10.1. The maximum atomic E-state index is 5.92. The third-order valence-corrected chi connectivity index (χ3v) is 3.62. The Morgan fingerprint density at radius 3 is 2.65 bits per heavy atom. The van der Waals surface area contributed by atoms with E-state index in [-0.39, 0.29) is 0 Å². The number of hydrogen-bond acceptors (Lipinski definition) is 4. The molecule has 0 unspecified atom stereocenters. The van der Waals surface area contributed by atoms with E-state index >= 15 is 0 Å². The van der Waals surface area contributed by atoms with Crippen molar-refractivity contribution in [3.63, 3.8) is 0 Å². The molecule has 17 heavy (non-hydrogen) atoms. The van der Waals surface area contributed by atoms with Gasteiger partial charge in [0.25, 0.3) is 0 Å². The Hall–Kier alpha value is -1.23. The van der Waals surface area contributed by atoms with Crippen LogP contribution >= 0.6 is 15.9 Å². The van der Waals surface area contributed by atoms with Gasteiger partial charge < -0.3 is 15.5 Å². The Kier molecular flexibility index (Phi) is 3.28.